The molecular weight excluding hydrogens is 312 g/mol. The summed E-state index contributed by atoms with van der Waals surface area (Å²) in [4.78, 5) is 0. The second-order valence-electron chi connectivity index (χ2n) is 5.47. The molecule has 1 aromatic heterocycles. The quantitative estimate of drug-likeness (QED) is 0.916. The van der Waals surface area contributed by atoms with Gasteiger partial charge in [0.15, 0.2) is 0 Å². The Balaban J connectivity index is 0.00000144. The van der Waals surface area contributed by atoms with Crippen molar-refractivity contribution in [3.05, 3.63) is 36.2 Å². The highest BCUT2D eigenvalue weighted by atomic mass is 35.5. The molecule has 1 aromatic carbocycles. The number of halogens is 3. The number of hydrogen-bond acceptors (Lipinski definition) is 3. The Labute approximate surface area is 132 Å². The summed E-state index contributed by atoms with van der Waals surface area (Å²) in [6.07, 6.45) is 5.15. The van der Waals surface area contributed by atoms with Gasteiger partial charge in [-0.1, -0.05) is 12.1 Å². The monoisotopic (exact) mass is 327 g/mol. The van der Waals surface area contributed by atoms with Gasteiger partial charge >= 0.3 is 6.55 Å². The molecule has 4 nitrogen and oxygen atoms in total. The van der Waals surface area contributed by atoms with Crippen LogP contribution in [0.4, 0.5) is 8.78 Å². The molecule has 22 heavy (non-hydrogen) atoms. The van der Waals surface area contributed by atoms with Gasteiger partial charge in [0, 0.05) is 17.3 Å². The van der Waals surface area contributed by atoms with Crippen LogP contribution in [-0.2, 0) is 0 Å². The fourth-order valence-electron chi connectivity index (χ4n) is 3.13. The molecule has 1 fully saturated rings. The van der Waals surface area contributed by atoms with Gasteiger partial charge in [0.2, 0.25) is 0 Å². The van der Waals surface area contributed by atoms with Crippen LogP contribution in [-0.4, -0.2) is 22.4 Å². The number of nitrogens with zero attached hydrogens (tertiary/aromatic N) is 2. The zero-order valence-electron chi connectivity index (χ0n) is 11.7. The first-order valence-electron chi connectivity index (χ1n) is 7.09. The molecule has 7 heteroatoms. The second kappa shape index (κ2) is 5.85. The minimum atomic E-state index is -2.61. The van der Waals surface area contributed by atoms with Crippen LogP contribution in [0, 0.1) is 0 Å². The summed E-state index contributed by atoms with van der Waals surface area (Å²) in [5.74, 6) is 0.849. The third-order valence-electron chi connectivity index (χ3n) is 4.16. The van der Waals surface area contributed by atoms with Gasteiger partial charge in [-0.15, -0.1) is 12.4 Å². The number of ether oxygens (including phenoxy) is 1. The van der Waals surface area contributed by atoms with Crippen molar-refractivity contribution in [2.45, 2.75) is 31.5 Å². The summed E-state index contributed by atoms with van der Waals surface area (Å²) in [5, 5.41) is 7.15. The highest BCUT2D eigenvalue weighted by Gasteiger charge is 2.36. The smallest absolute Gasteiger partial charge is 0.333 e. The number of fused-ring (bicyclic) bond motifs is 3. The molecular formula is C15H16ClF2N3O. The van der Waals surface area contributed by atoms with E-state index in [0.29, 0.717) is 10.2 Å². The number of nitrogens with one attached hydrogen (secondary N) is 1. The van der Waals surface area contributed by atoms with Crippen LogP contribution >= 0.6 is 12.4 Å². The van der Waals surface area contributed by atoms with Crippen molar-refractivity contribution < 1.29 is 13.5 Å². The van der Waals surface area contributed by atoms with E-state index in [1.807, 2.05) is 18.2 Å². The first-order valence-corrected chi connectivity index (χ1v) is 7.09. The Bertz CT molecular complexity index is 677. The van der Waals surface area contributed by atoms with E-state index >= 15 is 0 Å². The molecule has 1 saturated heterocycles. The van der Waals surface area contributed by atoms with Crippen LogP contribution in [0.1, 0.15) is 31.0 Å². The van der Waals surface area contributed by atoms with Crippen molar-refractivity contribution in [1.29, 1.82) is 0 Å². The Morgan fingerprint density at radius 3 is 2.95 bits per heavy atom. The van der Waals surface area contributed by atoms with Crippen LogP contribution in [0.25, 0.3) is 11.1 Å². The number of hydrogen-bond donors (Lipinski definition) is 1. The summed E-state index contributed by atoms with van der Waals surface area (Å²) in [6, 6.07) is 6.13. The third-order valence-corrected chi connectivity index (χ3v) is 4.16. The van der Waals surface area contributed by atoms with Crippen molar-refractivity contribution in [2.24, 2.45) is 0 Å². The predicted octanol–water partition coefficient (Wildman–Crippen LogP) is 3.55. The fraction of sp³-hybridized carbons (Fsp3) is 0.400. The Morgan fingerprint density at radius 2 is 2.18 bits per heavy atom. The molecule has 0 amide bonds. The van der Waals surface area contributed by atoms with E-state index in [1.54, 1.807) is 0 Å². The van der Waals surface area contributed by atoms with Crippen LogP contribution in [0.2, 0.25) is 0 Å². The largest absolute Gasteiger partial charge is 0.488 e. The summed E-state index contributed by atoms with van der Waals surface area (Å²) in [5.41, 5.74) is 2.67. The number of alkyl halides is 2. The third kappa shape index (κ3) is 2.46. The molecule has 118 valence electrons. The van der Waals surface area contributed by atoms with Crippen LogP contribution in [0.3, 0.4) is 0 Å². The lowest BCUT2D eigenvalue weighted by molar-refractivity contribution is 0.0566. The van der Waals surface area contributed by atoms with Crippen molar-refractivity contribution in [3.63, 3.8) is 0 Å². The van der Waals surface area contributed by atoms with Gasteiger partial charge in [-0.2, -0.15) is 13.9 Å². The van der Waals surface area contributed by atoms with Crippen LogP contribution < -0.4 is 10.1 Å². The lowest BCUT2D eigenvalue weighted by Crippen LogP contribution is -2.36. The lowest BCUT2D eigenvalue weighted by Gasteiger charge is -2.25. The molecule has 4 rings (SSSR count). The molecule has 0 spiro atoms. The van der Waals surface area contributed by atoms with Crippen molar-refractivity contribution in [1.82, 2.24) is 15.1 Å². The molecule has 0 radical (unpaired) electrons. The van der Waals surface area contributed by atoms with Crippen LogP contribution in [0.5, 0.6) is 5.75 Å². The zero-order chi connectivity index (χ0) is 14.4. The molecule has 2 atom stereocenters. The molecule has 2 aromatic rings. The van der Waals surface area contributed by atoms with E-state index in [1.165, 1.54) is 12.4 Å². The molecule has 0 bridgehead atoms. The molecule has 3 heterocycles. The minimum absolute atomic E-state index is 0. The second-order valence-corrected chi connectivity index (χ2v) is 5.47. The average Bonchev–Trinajstić information content (AvgIpc) is 3.11. The maximum atomic E-state index is 12.6. The zero-order valence-corrected chi connectivity index (χ0v) is 12.5. The molecule has 1 N–H and O–H groups in total. The average molecular weight is 328 g/mol. The van der Waals surface area contributed by atoms with E-state index < -0.39 is 6.55 Å². The van der Waals surface area contributed by atoms with Gasteiger partial charge < -0.3 is 10.1 Å². The van der Waals surface area contributed by atoms with Crippen molar-refractivity contribution in [2.75, 3.05) is 6.54 Å². The van der Waals surface area contributed by atoms with Gasteiger partial charge in [0.1, 0.15) is 11.9 Å². The Kier molecular flexibility index (Phi) is 4.06. The van der Waals surface area contributed by atoms with Crippen molar-refractivity contribution >= 4 is 12.4 Å². The molecule has 2 aliphatic heterocycles. The van der Waals surface area contributed by atoms with Gasteiger partial charge in [-0.25, -0.2) is 4.68 Å². The first-order chi connectivity index (χ1) is 10.2. The maximum Gasteiger partial charge on any atom is 0.333 e. The maximum absolute atomic E-state index is 12.6. The highest BCUT2D eigenvalue weighted by molar-refractivity contribution is 5.85. The predicted molar refractivity (Wildman–Crippen MR) is 80.6 cm³/mol. The van der Waals surface area contributed by atoms with E-state index in [-0.39, 0.29) is 24.6 Å². The van der Waals surface area contributed by atoms with Gasteiger partial charge in [-0.05, 0) is 31.0 Å². The van der Waals surface area contributed by atoms with E-state index in [9.17, 15) is 8.78 Å². The van der Waals surface area contributed by atoms with Gasteiger partial charge in [0.25, 0.3) is 0 Å². The summed E-state index contributed by atoms with van der Waals surface area (Å²) in [7, 11) is 0. The highest BCUT2D eigenvalue weighted by Crippen LogP contribution is 2.41. The SMILES string of the molecule is Cl.FC(F)n1cc(-c2ccc3c(c2)O[C@H]2CCCN[C@@H]32)cn1. The fourth-order valence-corrected chi connectivity index (χ4v) is 3.13. The van der Waals surface area contributed by atoms with Crippen molar-refractivity contribution in [3.8, 4) is 16.9 Å². The Morgan fingerprint density at radius 1 is 1.32 bits per heavy atom. The van der Waals surface area contributed by atoms with E-state index in [0.717, 1.165) is 36.3 Å². The molecule has 0 unspecified atom stereocenters. The number of rotatable bonds is 2. The topological polar surface area (TPSA) is 39.1 Å². The Hall–Kier alpha value is -1.66. The number of aromatic nitrogens is 2. The van der Waals surface area contributed by atoms with Crippen LogP contribution in [0.15, 0.2) is 30.6 Å². The minimum Gasteiger partial charge on any atom is -0.488 e. The number of piperidine rings is 1. The normalized spacial score (nSPS) is 22.7. The molecule has 0 saturated carbocycles. The van der Waals surface area contributed by atoms with E-state index in [2.05, 4.69) is 10.4 Å². The first kappa shape index (κ1) is 15.2. The van der Waals surface area contributed by atoms with Gasteiger partial charge in [-0.3, -0.25) is 0 Å². The molecule has 2 aliphatic rings. The summed E-state index contributed by atoms with van der Waals surface area (Å²) < 4.78 is 31.8. The lowest BCUT2D eigenvalue weighted by atomic mass is 9.96. The molecule has 0 aliphatic carbocycles. The number of benzene rings is 1. The van der Waals surface area contributed by atoms with E-state index in [4.69, 9.17) is 4.74 Å². The van der Waals surface area contributed by atoms with Gasteiger partial charge in [0.05, 0.1) is 12.2 Å². The standard InChI is InChI=1S/C15H15F2N3O.ClH/c16-15(17)20-8-10(7-19-20)9-3-4-11-13(6-9)21-12-2-1-5-18-14(11)12;/h3-4,6-8,12,14-15,18H,1-2,5H2;1H/t12-,14-;/m0./s1. The summed E-state index contributed by atoms with van der Waals surface area (Å²) >= 11 is 0. The summed E-state index contributed by atoms with van der Waals surface area (Å²) in [6.45, 7) is -1.61.